The van der Waals surface area contributed by atoms with Crippen LogP contribution in [0.25, 0.3) is 0 Å². The molecule has 0 radical (unpaired) electrons. The van der Waals surface area contributed by atoms with Crippen LogP contribution in [0.1, 0.15) is 5.56 Å². The van der Waals surface area contributed by atoms with E-state index in [4.69, 9.17) is 17.3 Å². The predicted octanol–water partition coefficient (Wildman–Crippen LogP) is 2.09. The number of alkyl halides is 3. The first-order valence-electron chi connectivity index (χ1n) is 4.83. The van der Waals surface area contributed by atoms with E-state index < -0.39 is 17.8 Å². The maximum Gasteiger partial charge on any atom is 0.418 e. The van der Waals surface area contributed by atoms with Crippen LogP contribution >= 0.6 is 11.6 Å². The number of aliphatic hydroxyl groups excluding tert-OH is 1. The third kappa shape index (κ3) is 4.07. The summed E-state index contributed by atoms with van der Waals surface area (Å²) < 4.78 is 37.9. The number of halogens is 4. The highest BCUT2D eigenvalue weighted by Gasteiger charge is 2.33. The Morgan fingerprint density at radius 2 is 2.06 bits per heavy atom. The lowest BCUT2D eigenvalue weighted by molar-refractivity contribution is -0.137. The van der Waals surface area contributed by atoms with Gasteiger partial charge in [-0.05, 0) is 18.2 Å². The van der Waals surface area contributed by atoms with E-state index >= 15 is 0 Å². The Morgan fingerprint density at radius 1 is 1.41 bits per heavy atom. The summed E-state index contributed by atoms with van der Waals surface area (Å²) in [6, 6.07) is 3.39. The van der Waals surface area contributed by atoms with E-state index in [1.165, 1.54) is 12.1 Å². The van der Waals surface area contributed by atoms with Gasteiger partial charge in [0.15, 0.2) is 0 Å². The molecule has 7 heteroatoms. The second-order valence-corrected chi connectivity index (χ2v) is 3.89. The average Bonchev–Trinajstić information content (AvgIpc) is 2.25. The summed E-state index contributed by atoms with van der Waals surface area (Å²) in [6.07, 6.45) is -5.40. The van der Waals surface area contributed by atoms with Crippen LogP contribution in [-0.2, 0) is 6.18 Å². The van der Waals surface area contributed by atoms with Crippen molar-refractivity contribution in [3.63, 3.8) is 0 Å². The molecular weight excluding hydrogens is 257 g/mol. The molecule has 0 aliphatic carbocycles. The molecule has 1 aromatic rings. The molecule has 0 aliphatic heterocycles. The van der Waals surface area contributed by atoms with Crippen molar-refractivity contribution in [2.75, 3.05) is 18.4 Å². The van der Waals surface area contributed by atoms with Crippen LogP contribution < -0.4 is 11.1 Å². The number of aliphatic hydroxyl groups is 1. The fourth-order valence-corrected chi connectivity index (χ4v) is 1.39. The molecule has 0 aromatic heterocycles. The third-order valence-electron chi connectivity index (χ3n) is 2.09. The van der Waals surface area contributed by atoms with Gasteiger partial charge in [0.1, 0.15) is 0 Å². The van der Waals surface area contributed by atoms with Crippen molar-refractivity contribution in [3.8, 4) is 0 Å². The van der Waals surface area contributed by atoms with Crippen LogP contribution in [0.2, 0.25) is 5.02 Å². The molecule has 0 heterocycles. The molecule has 1 rings (SSSR count). The number of nitrogens with one attached hydrogen (secondary N) is 1. The molecule has 1 aromatic carbocycles. The molecular formula is C10H12ClF3N2O. The Hall–Kier alpha value is -0.980. The minimum absolute atomic E-state index is 0.00208. The molecule has 0 bridgehead atoms. The summed E-state index contributed by atoms with van der Waals surface area (Å²) in [5, 5.41) is 11.7. The van der Waals surface area contributed by atoms with Crippen LogP contribution in [0.15, 0.2) is 18.2 Å². The summed E-state index contributed by atoms with van der Waals surface area (Å²) in [6.45, 7) is -0.0802. The average molecular weight is 269 g/mol. The Bertz CT molecular complexity index is 384. The quantitative estimate of drug-likeness (QED) is 0.784. The maximum absolute atomic E-state index is 12.6. The molecule has 4 N–H and O–H groups in total. The van der Waals surface area contributed by atoms with Crippen molar-refractivity contribution < 1.29 is 18.3 Å². The van der Waals surface area contributed by atoms with Crippen molar-refractivity contribution in [3.05, 3.63) is 28.8 Å². The highest BCUT2D eigenvalue weighted by molar-refractivity contribution is 6.30. The fourth-order valence-electron chi connectivity index (χ4n) is 1.22. The van der Waals surface area contributed by atoms with Crippen molar-refractivity contribution in [1.29, 1.82) is 0 Å². The number of hydrogen-bond acceptors (Lipinski definition) is 3. The molecule has 0 aliphatic rings. The zero-order valence-corrected chi connectivity index (χ0v) is 9.52. The number of anilines is 1. The van der Waals surface area contributed by atoms with Gasteiger partial charge in [0, 0.05) is 23.8 Å². The number of rotatable bonds is 4. The summed E-state index contributed by atoms with van der Waals surface area (Å²) in [5.74, 6) is 0. The minimum atomic E-state index is -4.50. The second kappa shape index (κ2) is 5.57. The molecule has 1 atom stereocenters. The first-order valence-corrected chi connectivity index (χ1v) is 5.21. The van der Waals surface area contributed by atoms with E-state index in [-0.39, 0.29) is 23.8 Å². The van der Waals surface area contributed by atoms with E-state index in [2.05, 4.69) is 5.32 Å². The fraction of sp³-hybridized carbons (Fsp3) is 0.400. The molecule has 0 amide bonds. The van der Waals surface area contributed by atoms with Crippen molar-refractivity contribution in [1.82, 2.24) is 0 Å². The third-order valence-corrected chi connectivity index (χ3v) is 2.32. The molecule has 17 heavy (non-hydrogen) atoms. The second-order valence-electron chi connectivity index (χ2n) is 3.46. The summed E-state index contributed by atoms with van der Waals surface area (Å²) >= 11 is 5.52. The molecule has 0 spiro atoms. The minimum Gasteiger partial charge on any atom is -0.390 e. The van der Waals surface area contributed by atoms with E-state index in [0.29, 0.717) is 0 Å². The summed E-state index contributed by atoms with van der Waals surface area (Å²) in [4.78, 5) is 0. The lowest BCUT2D eigenvalue weighted by atomic mass is 10.1. The lowest BCUT2D eigenvalue weighted by Gasteiger charge is -2.16. The van der Waals surface area contributed by atoms with Gasteiger partial charge in [-0.2, -0.15) is 13.2 Å². The van der Waals surface area contributed by atoms with Crippen LogP contribution in [0.3, 0.4) is 0 Å². The molecule has 0 saturated carbocycles. The lowest BCUT2D eigenvalue weighted by Crippen LogP contribution is -2.28. The highest BCUT2D eigenvalue weighted by atomic mass is 35.5. The molecule has 0 saturated heterocycles. The zero-order valence-electron chi connectivity index (χ0n) is 8.76. The Labute approximate surface area is 101 Å². The standard InChI is InChI=1S/C10H12ClF3N2O/c11-6-1-2-9(16-5-7(17)4-15)8(3-6)10(12,13)14/h1-3,7,16-17H,4-5,15H2. The van der Waals surface area contributed by atoms with Crippen LogP contribution in [0, 0.1) is 0 Å². The van der Waals surface area contributed by atoms with Crippen molar-refractivity contribution >= 4 is 17.3 Å². The van der Waals surface area contributed by atoms with Crippen molar-refractivity contribution in [2.45, 2.75) is 12.3 Å². The van der Waals surface area contributed by atoms with E-state index in [0.717, 1.165) is 6.07 Å². The van der Waals surface area contributed by atoms with Gasteiger partial charge in [-0.3, -0.25) is 0 Å². The van der Waals surface area contributed by atoms with Crippen LogP contribution in [0.4, 0.5) is 18.9 Å². The molecule has 96 valence electrons. The van der Waals surface area contributed by atoms with E-state index in [9.17, 15) is 18.3 Å². The number of benzene rings is 1. The molecule has 0 fully saturated rings. The van der Waals surface area contributed by atoms with Gasteiger partial charge < -0.3 is 16.2 Å². The van der Waals surface area contributed by atoms with Gasteiger partial charge >= 0.3 is 6.18 Å². The Balaban J connectivity index is 2.91. The van der Waals surface area contributed by atoms with Crippen molar-refractivity contribution in [2.24, 2.45) is 5.73 Å². The monoisotopic (exact) mass is 268 g/mol. The smallest absolute Gasteiger partial charge is 0.390 e. The SMILES string of the molecule is NCC(O)CNc1ccc(Cl)cc1C(F)(F)F. The van der Waals surface area contributed by atoms with Gasteiger partial charge in [-0.25, -0.2) is 0 Å². The normalized spacial score (nSPS) is 13.5. The maximum atomic E-state index is 12.6. The van der Waals surface area contributed by atoms with Gasteiger partial charge in [0.2, 0.25) is 0 Å². The number of nitrogens with two attached hydrogens (primary N) is 1. The zero-order chi connectivity index (χ0) is 13.1. The van der Waals surface area contributed by atoms with Gasteiger partial charge in [-0.1, -0.05) is 11.6 Å². The molecule has 3 nitrogen and oxygen atoms in total. The Morgan fingerprint density at radius 3 is 2.59 bits per heavy atom. The summed E-state index contributed by atoms with van der Waals surface area (Å²) in [7, 11) is 0. The Kier molecular flexibility index (Phi) is 4.62. The largest absolute Gasteiger partial charge is 0.418 e. The number of hydrogen-bond donors (Lipinski definition) is 3. The van der Waals surface area contributed by atoms with Crippen LogP contribution in [0.5, 0.6) is 0 Å². The van der Waals surface area contributed by atoms with E-state index in [1.807, 2.05) is 0 Å². The first-order chi connectivity index (χ1) is 7.84. The first kappa shape index (κ1) is 14.1. The molecule has 1 unspecified atom stereocenters. The van der Waals surface area contributed by atoms with Gasteiger partial charge in [-0.15, -0.1) is 0 Å². The van der Waals surface area contributed by atoms with Gasteiger partial charge in [0.05, 0.1) is 11.7 Å². The van der Waals surface area contributed by atoms with E-state index in [1.54, 1.807) is 0 Å². The topological polar surface area (TPSA) is 58.3 Å². The van der Waals surface area contributed by atoms with Gasteiger partial charge in [0.25, 0.3) is 0 Å². The van der Waals surface area contributed by atoms with Crippen LogP contribution in [-0.4, -0.2) is 24.3 Å². The highest BCUT2D eigenvalue weighted by Crippen LogP contribution is 2.36. The predicted molar refractivity (Wildman–Crippen MR) is 60.0 cm³/mol. The summed E-state index contributed by atoms with van der Waals surface area (Å²) in [5.41, 5.74) is 4.15.